The van der Waals surface area contributed by atoms with E-state index in [9.17, 15) is 100 Å². The number of aliphatic hydroxyl groups excluding tert-OH is 16. The molecule has 2 saturated heterocycles. The van der Waals surface area contributed by atoms with Crippen molar-refractivity contribution < 1.29 is 125 Å². The van der Waals surface area contributed by atoms with Gasteiger partial charge in [0.25, 0.3) is 17.0 Å². The number of carboxylic acids is 1. The van der Waals surface area contributed by atoms with Crippen molar-refractivity contribution in [2.75, 3.05) is 63.2 Å². The lowest BCUT2D eigenvalue weighted by Gasteiger charge is -2.42. The lowest BCUT2D eigenvalue weighted by molar-refractivity contribution is -0.326. The van der Waals surface area contributed by atoms with Crippen molar-refractivity contribution in [3.05, 3.63) is 44.2 Å². The van der Waals surface area contributed by atoms with E-state index in [1.54, 1.807) is 13.8 Å². The van der Waals surface area contributed by atoms with Gasteiger partial charge in [0.05, 0.1) is 26.4 Å². The molecule has 37 nitrogen and oxygen atoms in total. The first-order valence-corrected chi connectivity index (χ1v) is 24.8. The zero-order chi connectivity index (χ0) is 61.3. The average molecular weight is 1180 g/mol. The molecule has 0 radical (unpaired) electrons. The molecule has 2 aliphatic heterocycles. The Balaban J connectivity index is 0.000000461. The van der Waals surface area contributed by atoms with Gasteiger partial charge in [0.2, 0.25) is 11.9 Å². The van der Waals surface area contributed by atoms with Gasteiger partial charge >= 0.3 is 18.0 Å². The van der Waals surface area contributed by atoms with Crippen LogP contribution in [0, 0.1) is 13.8 Å². The number of aromatic nitrogens is 4. The standard InChI is InChI=1S/C22H37N5O13.C12H22O12.C10H17N5O2/c1-9-6-12(31)26-21(25-9)27-22(38)24-5-3-2-4-23-19(37)16(35)15(34)18(10(30)7-28)40-20-17(36)14(33)13(32)11(8-29)39-20;13-1-3(15)10(7(18)8(19)11(21)22)24-12-9(20)6(17)5(16)4(2-14)23-12;1-7-6-8(16)14-9(13-7)15-10(17)12-5-3-2-4-11/h6,10-11,13-18,20,28-30,32-36H,2-5,7-8H2,1H3,(H,23,37)(H3,24,25,26,27,31,38);3-10,12-20H,1-2H2,(H,21,22);6H,2-5,11H2,1H3,(H3,12,13,14,15,16,17)/t10-,11-,13+,14+,15-,16-,17-,18-,20+;3-,4-,5+,6+,7-,8-,9-,10-,12+;/m11./s1. The summed E-state index contributed by atoms with van der Waals surface area (Å²) in [6.45, 7) is 1.07. The van der Waals surface area contributed by atoms with E-state index in [-0.39, 0.29) is 30.5 Å². The van der Waals surface area contributed by atoms with Crippen LogP contribution >= 0.6 is 0 Å². The first-order valence-electron chi connectivity index (χ1n) is 24.8. The Labute approximate surface area is 459 Å². The molecule has 0 spiro atoms. The number of H-pyrrole nitrogens is 2. The minimum atomic E-state index is -2.39. The highest BCUT2D eigenvalue weighted by Gasteiger charge is 2.49. The van der Waals surface area contributed by atoms with Crippen LogP contribution in [0.5, 0.6) is 0 Å². The minimum Gasteiger partial charge on any atom is -0.479 e. The zero-order valence-corrected chi connectivity index (χ0v) is 43.7. The number of hydrogen-bond acceptors (Lipinski definition) is 29. The molecule has 0 unspecified atom stereocenters. The smallest absolute Gasteiger partial charge is 0.335 e. The second-order valence-corrected chi connectivity index (χ2v) is 18.0. The van der Waals surface area contributed by atoms with E-state index < -0.39 is 166 Å². The summed E-state index contributed by atoms with van der Waals surface area (Å²) >= 11 is 0. The van der Waals surface area contributed by atoms with Crippen LogP contribution in [0.3, 0.4) is 0 Å². The van der Waals surface area contributed by atoms with Gasteiger partial charge < -0.3 is 127 Å². The molecule has 2 aromatic heterocycles. The van der Waals surface area contributed by atoms with Gasteiger partial charge in [-0.1, -0.05) is 0 Å². The van der Waals surface area contributed by atoms with Gasteiger partial charge in [0.1, 0.15) is 85.5 Å². The van der Waals surface area contributed by atoms with Gasteiger partial charge in [-0.2, -0.15) is 0 Å². The molecule has 37 heteroatoms. The van der Waals surface area contributed by atoms with Crippen molar-refractivity contribution in [2.24, 2.45) is 5.73 Å². The second kappa shape index (κ2) is 36.1. The van der Waals surface area contributed by atoms with Crippen molar-refractivity contribution in [1.29, 1.82) is 0 Å². The van der Waals surface area contributed by atoms with Crippen molar-refractivity contribution in [3.63, 3.8) is 0 Å². The fourth-order valence-electron chi connectivity index (χ4n) is 7.15. The number of nitrogens with one attached hydrogen (secondary N) is 7. The molecule has 464 valence electrons. The number of rotatable bonds is 27. The van der Waals surface area contributed by atoms with Crippen LogP contribution in [0.2, 0.25) is 0 Å². The molecule has 18 atom stereocenters. The number of ether oxygens (including phenoxy) is 4. The number of urea groups is 2. The monoisotopic (exact) mass is 1180 g/mol. The molecule has 4 heterocycles. The Hall–Kier alpha value is -5.60. The van der Waals surface area contributed by atoms with Gasteiger partial charge in [-0.15, -0.1) is 0 Å². The SMILES string of the molecule is Cc1cc(=O)[nH]c(NC(=O)NCCCCN)n1.Cc1cc(=O)[nH]c(NC(=O)NCCCCNC(=O)[C@H](O)[C@@H](O)[C@H](O[C@@H]2O[C@H](CO)[C@H](O)[C@H](O)[C@H]2O)[C@H](O)CO)n1.O=C(O)[C@H](O)[C@@H](O)[C@H](O[C@@H]1O[C@H](CO)[C@H](O)[C@H](O)[C@H]1O)[C@H](O)CO. The van der Waals surface area contributed by atoms with E-state index in [0.717, 1.165) is 12.8 Å². The summed E-state index contributed by atoms with van der Waals surface area (Å²) in [5, 5.41) is 176. The predicted molar refractivity (Wildman–Crippen MR) is 269 cm³/mol. The predicted octanol–water partition coefficient (Wildman–Crippen LogP) is -11.4. The van der Waals surface area contributed by atoms with Crippen LogP contribution in [-0.2, 0) is 28.5 Å². The van der Waals surface area contributed by atoms with E-state index in [1.807, 2.05) is 0 Å². The summed E-state index contributed by atoms with van der Waals surface area (Å²) in [4.78, 5) is 81.5. The maximum absolute atomic E-state index is 12.3. The number of aryl methyl sites for hydroxylation is 2. The fraction of sp³-hybridized carbons (Fsp3) is 0.727. The molecule has 5 amide bonds. The van der Waals surface area contributed by atoms with E-state index >= 15 is 0 Å². The molecule has 26 N–H and O–H groups in total. The number of nitrogens with two attached hydrogens (primary N) is 1. The van der Waals surface area contributed by atoms with E-state index in [0.29, 0.717) is 37.3 Å². The van der Waals surface area contributed by atoms with Crippen molar-refractivity contribution in [3.8, 4) is 0 Å². The second-order valence-electron chi connectivity index (χ2n) is 18.0. The summed E-state index contributed by atoms with van der Waals surface area (Å²) in [6, 6.07) is 1.60. The average Bonchev–Trinajstić information content (AvgIpc) is 3.43. The van der Waals surface area contributed by atoms with Crippen LogP contribution in [0.1, 0.15) is 37.1 Å². The Morgan fingerprint density at radius 1 is 0.593 bits per heavy atom. The number of amides is 5. The van der Waals surface area contributed by atoms with Crippen LogP contribution in [0.25, 0.3) is 0 Å². The van der Waals surface area contributed by atoms with Crippen LogP contribution in [0.15, 0.2) is 21.7 Å². The summed E-state index contributed by atoms with van der Waals surface area (Å²) in [5.41, 5.74) is 5.57. The lowest BCUT2D eigenvalue weighted by Crippen LogP contribution is -2.62. The van der Waals surface area contributed by atoms with Crippen molar-refractivity contribution >= 4 is 35.8 Å². The van der Waals surface area contributed by atoms with E-state index in [4.69, 9.17) is 40.0 Å². The van der Waals surface area contributed by atoms with Crippen LogP contribution < -0.4 is 43.4 Å². The minimum absolute atomic E-state index is 0.0133. The van der Waals surface area contributed by atoms with Gasteiger partial charge in [0, 0.05) is 43.2 Å². The number of carboxylic acid groups (broad SMARTS) is 1. The molecule has 81 heavy (non-hydrogen) atoms. The Morgan fingerprint density at radius 3 is 1.31 bits per heavy atom. The summed E-state index contributed by atoms with van der Waals surface area (Å²) < 4.78 is 20.4. The third-order valence-electron chi connectivity index (χ3n) is 11.6. The zero-order valence-electron chi connectivity index (χ0n) is 43.7. The number of aromatic amines is 2. The molecule has 2 aliphatic rings. The number of hydrogen-bond donors (Lipinski definition) is 25. The maximum Gasteiger partial charge on any atom is 0.335 e. The van der Waals surface area contributed by atoms with E-state index in [2.05, 4.69) is 46.5 Å². The fourth-order valence-corrected chi connectivity index (χ4v) is 7.15. The molecule has 2 fully saturated rings. The molecule has 4 rings (SSSR count). The highest BCUT2D eigenvalue weighted by molar-refractivity contribution is 5.87. The molecule has 0 aliphatic carbocycles. The summed E-state index contributed by atoms with van der Waals surface area (Å²) in [7, 11) is 0. The van der Waals surface area contributed by atoms with Gasteiger partial charge in [-0.05, 0) is 46.1 Å². The largest absolute Gasteiger partial charge is 0.479 e. The quantitative estimate of drug-likeness (QED) is 0.0369. The Bertz CT molecular complexity index is 2320. The van der Waals surface area contributed by atoms with Gasteiger partial charge in [-0.3, -0.25) is 35.0 Å². The third-order valence-corrected chi connectivity index (χ3v) is 11.6. The number of nitrogens with zero attached hydrogens (tertiary/aromatic N) is 2. The number of unbranched alkanes of at least 4 members (excludes halogenated alkanes) is 2. The highest BCUT2D eigenvalue weighted by Crippen LogP contribution is 2.27. The number of aliphatic hydroxyl groups is 16. The molecule has 0 bridgehead atoms. The Kier molecular flexibility index (Phi) is 31.9. The lowest BCUT2D eigenvalue weighted by atomic mass is 9.98. The molecule has 0 aromatic carbocycles. The highest BCUT2D eigenvalue weighted by atomic mass is 16.7. The topological polar surface area (TPSA) is 627 Å². The van der Waals surface area contributed by atoms with Crippen molar-refractivity contribution in [1.82, 2.24) is 35.9 Å². The maximum atomic E-state index is 12.3. The van der Waals surface area contributed by atoms with Gasteiger partial charge in [0.15, 0.2) is 24.8 Å². The number of anilines is 2. The summed E-state index contributed by atoms with van der Waals surface area (Å²) in [5.74, 6) is -2.79. The van der Waals surface area contributed by atoms with Crippen molar-refractivity contribution in [2.45, 2.75) is 150 Å². The molecule has 0 saturated carbocycles. The first-order chi connectivity index (χ1) is 38.1. The van der Waals surface area contributed by atoms with Crippen LogP contribution in [0.4, 0.5) is 21.5 Å². The molecular weight excluding hydrogens is 1100 g/mol. The number of aliphatic carboxylic acids is 1. The Morgan fingerprint density at radius 2 is 0.963 bits per heavy atom. The third kappa shape index (κ3) is 23.3. The molecule has 2 aromatic rings. The van der Waals surface area contributed by atoms with Crippen LogP contribution in [-0.4, -0.2) is 294 Å². The first kappa shape index (κ1) is 71.5. The van der Waals surface area contributed by atoms with E-state index in [1.165, 1.54) is 12.1 Å². The normalized spacial score (nSPS) is 25.5. The number of carbonyl (C=O) groups is 4. The molecular formula is C44H76N10O27. The van der Waals surface area contributed by atoms with Gasteiger partial charge in [-0.25, -0.2) is 24.4 Å². The number of carbonyl (C=O) groups excluding carboxylic acids is 3. The summed E-state index contributed by atoms with van der Waals surface area (Å²) in [6.07, 6.45) is -31.3.